The first kappa shape index (κ1) is 41.0. The third kappa shape index (κ3) is 6.95. The van der Waals surface area contributed by atoms with Gasteiger partial charge in [-0.25, -0.2) is 0 Å². The summed E-state index contributed by atoms with van der Waals surface area (Å²) in [4.78, 5) is 0. The van der Waals surface area contributed by atoms with Crippen molar-refractivity contribution in [1.29, 1.82) is 10.5 Å². The van der Waals surface area contributed by atoms with Gasteiger partial charge in [-0.15, -0.1) is 0 Å². The number of para-hydroxylation sites is 2. The molecule has 65 heavy (non-hydrogen) atoms. The first-order chi connectivity index (χ1) is 31.1. The Hall–Kier alpha value is -8.08. The minimum Gasteiger partial charge on any atom is -0.308 e. The highest BCUT2D eigenvalue weighted by Gasteiger charge is 2.32. The highest BCUT2D eigenvalue weighted by atomic mass is 19.4. The normalized spacial score (nSPS) is 12.0. The fourth-order valence-electron chi connectivity index (χ4n) is 9.36. The molecule has 0 aliphatic heterocycles. The van der Waals surface area contributed by atoms with Crippen LogP contribution in [0.15, 0.2) is 152 Å². The summed E-state index contributed by atoms with van der Waals surface area (Å²) in [7, 11) is 0. The van der Waals surface area contributed by atoms with E-state index in [-0.39, 0.29) is 0 Å². The molecule has 10 aromatic rings. The number of rotatable bonds is 5. The van der Waals surface area contributed by atoms with Crippen molar-refractivity contribution in [3.63, 3.8) is 0 Å². The molecule has 8 aromatic carbocycles. The van der Waals surface area contributed by atoms with E-state index in [9.17, 15) is 36.9 Å². The predicted octanol–water partition coefficient (Wildman–Crippen LogP) is 15.6. The first-order valence-electron chi connectivity index (χ1n) is 20.7. The average molecular weight is 865 g/mol. The number of aromatic nitrogens is 2. The second-order valence-electron chi connectivity index (χ2n) is 16.5. The van der Waals surface area contributed by atoms with Crippen LogP contribution < -0.4 is 0 Å². The second kappa shape index (κ2) is 15.0. The molecule has 0 amide bonds. The van der Waals surface area contributed by atoms with Crippen LogP contribution >= 0.6 is 0 Å². The number of fused-ring (bicyclic) bond motifs is 6. The van der Waals surface area contributed by atoms with E-state index in [2.05, 4.69) is 12.1 Å². The Kier molecular flexibility index (Phi) is 9.47. The summed E-state index contributed by atoms with van der Waals surface area (Å²) in [6.45, 7) is 5.17. The minimum absolute atomic E-state index is 0.302. The van der Waals surface area contributed by atoms with E-state index < -0.39 is 23.5 Å². The van der Waals surface area contributed by atoms with Crippen LogP contribution in [0, 0.1) is 43.4 Å². The molecule has 0 unspecified atom stereocenters. The number of alkyl halides is 6. The molecule has 10 heteroatoms. The van der Waals surface area contributed by atoms with E-state index in [1.807, 2.05) is 107 Å². The quantitative estimate of drug-likeness (QED) is 0.162. The molecular formula is C55H34F6N4. The standard InChI is InChI=1S/C55H34F6N4/c1-31-18-38(25-40(20-31)54(56,57)58)36-13-16-45-43-8-4-6-10-47(43)64(49(45)27-36)51-23-35(30-63)24-52(53(51)42-15-12-34(29-62)22-33(42)3)65-48-11-7-5-9-44(48)46-17-14-37(28-50(46)65)39-19-32(2)21-41(26-39)55(59,60)61/h4-28H,1-3H3. The van der Waals surface area contributed by atoms with Crippen LogP contribution in [0.25, 0.3) is 88.4 Å². The van der Waals surface area contributed by atoms with Gasteiger partial charge in [0.05, 0.1) is 67.8 Å². The number of nitriles is 2. The molecule has 0 atom stereocenters. The third-order valence-electron chi connectivity index (χ3n) is 12.2. The number of hydrogen-bond donors (Lipinski definition) is 0. The van der Waals surface area contributed by atoms with E-state index in [4.69, 9.17) is 0 Å². The Bertz CT molecular complexity index is 3500. The molecule has 0 saturated carbocycles. The van der Waals surface area contributed by atoms with Gasteiger partial charge in [0.2, 0.25) is 0 Å². The van der Waals surface area contributed by atoms with Gasteiger partial charge in [-0.1, -0.05) is 78.9 Å². The lowest BCUT2D eigenvalue weighted by molar-refractivity contribution is -0.138. The fourth-order valence-corrected chi connectivity index (χ4v) is 9.36. The maximum Gasteiger partial charge on any atom is 0.416 e. The van der Waals surface area contributed by atoms with Crippen LogP contribution in [-0.4, -0.2) is 9.13 Å². The summed E-state index contributed by atoms with van der Waals surface area (Å²) in [6.07, 6.45) is -9.11. The summed E-state index contributed by atoms with van der Waals surface area (Å²) in [6, 6.07) is 48.3. The largest absolute Gasteiger partial charge is 0.416 e. The minimum atomic E-state index is -4.55. The Labute approximate surface area is 369 Å². The van der Waals surface area contributed by atoms with Gasteiger partial charge in [0.25, 0.3) is 0 Å². The van der Waals surface area contributed by atoms with Crippen LogP contribution in [-0.2, 0) is 12.4 Å². The third-order valence-corrected chi connectivity index (χ3v) is 12.2. The van der Waals surface area contributed by atoms with Gasteiger partial charge in [-0.3, -0.25) is 0 Å². The maximum absolute atomic E-state index is 14.1. The molecular weight excluding hydrogens is 831 g/mol. The van der Waals surface area contributed by atoms with E-state index in [0.29, 0.717) is 72.5 Å². The van der Waals surface area contributed by atoms with Crippen molar-refractivity contribution in [2.24, 2.45) is 0 Å². The highest BCUT2D eigenvalue weighted by Crippen LogP contribution is 2.45. The van der Waals surface area contributed by atoms with Crippen molar-refractivity contribution in [3.8, 4) is 56.9 Å². The van der Waals surface area contributed by atoms with Crippen LogP contribution in [0.3, 0.4) is 0 Å². The zero-order chi connectivity index (χ0) is 45.5. The van der Waals surface area contributed by atoms with Crippen molar-refractivity contribution in [1.82, 2.24) is 9.13 Å². The van der Waals surface area contributed by atoms with Gasteiger partial charge in [0, 0.05) is 27.1 Å². The molecule has 0 fully saturated rings. The zero-order valence-corrected chi connectivity index (χ0v) is 35.0. The Morgan fingerprint density at radius 3 is 1.29 bits per heavy atom. The number of nitrogens with zero attached hydrogens (tertiary/aromatic N) is 4. The number of benzene rings is 8. The Balaban J connectivity index is 1.34. The molecule has 4 nitrogen and oxygen atoms in total. The highest BCUT2D eigenvalue weighted by molar-refractivity contribution is 6.13. The van der Waals surface area contributed by atoms with E-state index in [1.54, 1.807) is 50.2 Å². The lowest BCUT2D eigenvalue weighted by Gasteiger charge is -2.22. The topological polar surface area (TPSA) is 57.4 Å². The molecule has 10 rings (SSSR count). The molecule has 0 aliphatic rings. The summed E-state index contributed by atoms with van der Waals surface area (Å²) >= 11 is 0. The molecule has 2 aromatic heterocycles. The maximum atomic E-state index is 14.1. The zero-order valence-electron chi connectivity index (χ0n) is 35.0. The Morgan fingerprint density at radius 2 is 0.862 bits per heavy atom. The van der Waals surface area contributed by atoms with Gasteiger partial charge in [0.1, 0.15) is 0 Å². The molecule has 0 spiro atoms. The van der Waals surface area contributed by atoms with Crippen molar-refractivity contribution in [2.75, 3.05) is 0 Å². The van der Waals surface area contributed by atoms with E-state index >= 15 is 0 Å². The SMILES string of the molecule is Cc1cc(-c2ccc3c4ccccc4n(-c4cc(C#N)cc(-n5c6ccccc6c6ccc(-c7cc(C)cc(C(F)(F)F)c7)cc65)c4-c4ccc(C#N)cc4C)c3c2)cc(C(F)(F)F)c1. The van der Waals surface area contributed by atoms with E-state index in [1.165, 1.54) is 0 Å². The van der Waals surface area contributed by atoms with Crippen molar-refractivity contribution in [3.05, 3.63) is 191 Å². The average Bonchev–Trinajstić information content (AvgIpc) is 3.79. The fraction of sp³-hybridized carbons (Fsp3) is 0.0909. The molecule has 0 saturated heterocycles. The van der Waals surface area contributed by atoms with Crippen LogP contribution in [0.4, 0.5) is 26.3 Å². The van der Waals surface area contributed by atoms with Crippen molar-refractivity contribution in [2.45, 2.75) is 33.1 Å². The van der Waals surface area contributed by atoms with Crippen LogP contribution in [0.5, 0.6) is 0 Å². The molecule has 2 heterocycles. The Morgan fingerprint density at radius 1 is 0.415 bits per heavy atom. The lowest BCUT2D eigenvalue weighted by Crippen LogP contribution is -2.06. The number of halogens is 6. The summed E-state index contributed by atoms with van der Waals surface area (Å²) < 4.78 is 88.9. The molecule has 0 N–H and O–H groups in total. The monoisotopic (exact) mass is 864 g/mol. The van der Waals surface area contributed by atoms with Gasteiger partial charge in [-0.05, 0) is 138 Å². The van der Waals surface area contributed by atoms with Gasteiger partial charge in [0.15, 0.2) is 0 Å². The summed E-state index contributed by atoms with van der Waals surface area (Å²) in [5, 5.41) is 24.2. The van der Waals surface area contributed by atoms with Gasteiger partial charge in [-0.2, -0.15) is 36.9 Å². The summed E-state index contributed by atoms with van der Waals surface area (Å²) in [5.41, 5.74) is 8.31. The lowest BCUT2D eigenvalue weighted by atomic mass is 9.93. The van der Waals surface area contributed by atoms with Crippen molar-refractivity contribution >= 4 is 43.6 Å². The number of aryl methyl sites for hydroxylation is 3. The van der Waals surface area contributed by atoms with Gasteiger partial charge < -0.3 is 9.13 Å². The molecule has 0 bridgehead atoms. The van der Waals surface area contributed by atoms with E-state index in [0.717, 1.165) is 68.0 Å². The first-order valence-corrected chi connectivity index (χ1v) is 20.7. The second-order valence-corrected chi connectivity index (χ2v) is 16.5. The molecule has 0 radical (unpaired) electrons. The van der Waals surface area contributed by atoms with Crippen molar-refractivity contribution < 1.29 is 26.3 Å². The molecule has 0 aliphatic carbocycles. The van der Waals surface area contributed by atoms with Gasteiger partial charge >= 0.3 is 12.4 Å². The predicted molar refractivity (Wildman–Crippen MR) is 245 cm³/mol. The number of hydrogen-bond acceptors (Lipinski definition) is 2. The molecule has 316 valence electrons. The van der Waals surface area contributed by atoms with Crippen LogP contribution in [0.2, 0.25) is 0 Å². The van der Waals surface area contributed by atoms with Crippen LogP contribution in [0.1, 0.15) is 38.9 Å². The summed E-state index contributed by atoms with van der Waals surface area (Å²) in [5.74, 6) is 0. The smallest absolute Gasteiger partial charge is 0.308 e.